The number of rotatable bonds is 4. The third-order valence-electron chi connectivity index (χ3n) is 5.06. The van der Waals surface area contributed by atoms with Gasteiger partial charge in [0.2, 0.25) is 11.4 Å². The van der Waals surface area contributed by atoms with Gasteiger partial charge in [-0.3, -0.25) is 9.59 Å². The molecule has 0 spiro atoms. The van der Waals surface area contributed by atoms with E-state index in [-0.39, 0.29) is 12.0 Å². The van der Waals surface area contributed by atoms with Crippen LogP contribution in [-0.2, 0) is 15.1 Å². The summed E-state index contributed by atoms with van der Waals surface area (Å²) in [6.45, 7) is 0. The van der Waals surface area contributed by atoms with Crippen molar-refractivity contribution in [3.05, 3.63) is 107 Å². The van der Waals surface area contributed by atoms with Gasteiger partial charge < -0.3 is 4.74 Å². The number of benzene rings is 3. The molecule has 0 bridgehead atoms. The van der Waals surface area contributed by atoms with E-state index in [1.807, 2.05) is 30.3 Å². The number of cyclic esters (lactones) is 1. The second kappa shape index (κ2) is 7.00. The van der Waals surface area contributed by atoms with Crippen LogP contribution in [0.15, 0.2) is 78.9 Å². The SMILES string of the molecule is O=C1C[C@H](c2ccccc2)[C@](C(=O)c2ccc(F)cc2)(c2ccc(F)cc2)O1. The Hall–Kier alpha value is -3.34. The zero-order valence-corrected chi connectivity index (χ0v) is 14.8. The maximum absolute atomic E-state index is 13.6. The van der Waals surface area contributed by atoms with Crippen molar-refractivity contribution in [1.29, 1.82) is 0 Å². The number of hydrogen-bond donors (Lipinski definition) is 0. The number of Topliss-reactive ketones (excluding diaryl/α,β-unsaturated/α-hetero) is 1. The molecular formula is C23H16F2O3. The highest BCUT2D eigenvalue weighted by molar-refractivity contribution is 6.06. The molecule has 5 heteroatoms. The van der Waals surface area contributed by atoms with Crippen LogP contribution in [0.4, 0.5) is 8.78 Å². The van der Waals surface area contributed by atoms with E-state index in [2.05, 4.69) is 0 Å². The Kier molecular flexibility index (Phi) is 4.51. The second-order valence-corrected chi connectivity index (χ2v) is 6.72. The molecule has 3 aromatic carbocycles. The third kappa shape index (κ3) is 2.99. The number of ether oxygens (including phenoxy) is 1. The van der Waals surface area contributed by atoms with Crippen LogP contribution in [0.3, 0.4) is 0 Å². The van der Waals surface area contributed by atoms with Gasteiger partial charge in [0.25, 0.3) is 0 Å². The normalized spacial score (nSPS) is 21.4. The summed E-state index contributed by atoms with van der Waals surface area (Å²) in [7, 11) is 0. The van der Waals surface area contributed by atoms with Crippen molar-refractivity contribution in [2.75, 3.05) is 0 Å². The van der Waals surface area contributed by atoms with Gasteiger partial charge in [0.15, 0.2) is 0 Å². The van der Waals surface area contributed by atoms with Crippen molar-refractivity contribution < 1.29 is 23.1 Å². The molecule has 0 amide bonds. The zero-order valence-electron chi connectivity index (χ0n) is 14.8. The summed E-state index contributed by atoms with van der Waals surface area (Å²) >= 11 is 0. The molecule has 2 atom stereocenters. The molecule has 0 aromatic heterocycles. The van der Waals surface area contributed by atoms with Crippen molar-refractivity contribution >= 4 is 11.8 Å². The summed E-state index contributed by atoms with van der Waals surface area (Å²) in [6, 6.07) is 19.5. The molecule has 3 aromatic rings. The van der Waals surface area contributed by atoms with Crippen molar-refractivity contribution in [2.45, 2.75) is 17.9 Å². The van der Waals surface area contributed by atoms with Gasteiger partial charge in [0, 0.05) is 17.0 Å². The van der Waals surface area contributed by atoms with E-state index in [0.717, 1.165) is 5.56 Å². The molecule has 3 nitrogen and oxygen atoms in total. The van der Waals surface area contributed by atoms with Crippen LogP contribution >= 0.6 is 0 Å². The first-order valence-electron chi connectivity index (χ1n) is 8.84. The van der Waals surface area contributed by atoms with E-state index in [0.29, 0.717) is 5.56 Å². The molecule has 1 aliphatic heterocycles. The Morgan fingerprint density at radius 2 is 1.43 bits per heavy atom. The van der Waals surface area contributed by atoms with Crippen molar-refractivity contribution in [2.24, 2.45) is 0 Å². The van der Waals surface area contributed by atoms with Crippen LogP contribution in [0.25, 0.3) is 0 Å². The van der Waals surface area contributed by atoms with Crippen molar-refractivity contribution in [1.82, 2.24) is 0 Å². The van der Waals surface area contributed by atoms with E-state index in [4.69, 9.17) is 4.74 Å². The minimum Gasteiger partial charge on any atom is -0.445 e. The molecule has 0 N–H and O–H groups in total. The monoisotopic (exact) mass is 378 g/mol. The molecule has 28 heavy (non-hydrogen) atoms. The average Bonchev–Trinajstić information content (AvgIpc) is 3.07. The lowest BCUT2D eigenvalue weighted by molar-refractivity contribution is -0.146. The topological polar surface area (TPSA) is 43.4 Å². The highest BCUT2D eigenvalue weighted by Gasteiger charge is 2.56. The predicted molar refractivity (Wildman–Crippen MR) is 98.7 cm³/mol. The molecular weight excluding hydrogens is 362 g/mol. The number of ketones is 1. The molecule has 0 saturated carbocycles. The van der Waals surface area contributed by atoms with Crippen molar-refractivity contribution in [3.8, 4) is 0 Å². The minimum absolute atomic E-state index is 0.00826. The molecule has 0 aliphatic carbocycles. The first-order valence-corrected chi connectivity index (χ1v) is 8.84. The molecule has 0 unspecified atom stereocenters. The van der Waals surface area contributed by atoms with Crippen LogP contribution in [0.5, 0.6) is 0 Å². The summed E-state index contributed by atoms with van der Waals surface area (Å²) in [5.41, 5.74) is -0.304. The first kappa shape index (κ1) is 18.0. The van der Waals surface area contributed by atoms with Crippen LogP contribution in [-0.4, -0.2) is 11.8 Å². The molecule has 140 valence electrons. The van der Waals surface area contributed by atoms with Crippen LogP contribution in [0.2, 0.25) is 0 Å². The smallest absolute Gasteiger partial charge is 0.307 e. The molecule has 1 fully saturated rings. The summed E-state index contributed by atoms with van der Waals surface area (Å²) in [6.07, 6.45) is 0.00826. The fraction of sp³-hybridized carbons (Fsp3) is 0.130. The average molecular weight is 378 g/mol. The number of carbonyl (C=O) groups is 2. The molecule has 1 saturated heterocycles. The highest BCUT2D eigenvalue weighted by atomic mass is 19.1. The first-order chi connectivity index (χ1) is 13.5. The van der Waals surface area contributed by atoms with Crippen LogP contribution in [0.1, 0.15) is 33.8 Å². The number of hydrogen-bond acceptors (Lipinski definition) is 3. The van der Waals surface area contributed by atoms with Gasteiger partial charge >= 0.3 is 5.97 Å². The molecule has 1 aliphatic rings. The van der Waals surface area contributed by atoms with E-state index < -0.39 is 34.9 Å². The Morgan fingerprint density at radius 1 is 0.857 bits per heavy atom. The maximum Gasteiger partial charge on any atom is 0.307 e. The van der Waals surface area contributed by atoms with Gasteiger partial charge in [-0.05, 0) is 42.0 Å². The lowest BCUT2D eigenvalue weighted by Crippen LogP contribution is -2.40. The highest BCUT2D eigenvalue weighted by Crippen LogP contribution is 2.49. The Morgan fingerprint density at radius 3 is 2.04 bits per heavy atom. The Balaban J connectivity index is 1.92. The quantitative estimate of drug-likeness (QED) is 0.485. The lowest BCUT2D eigenvalue weighted by atomic mass is 9.73. The fourth-order valence-electron chi connectivity index (χ4n) is 3.75. The zero-order chi connectivity index (χ0) is 19.7. The Labute approximate surface area is 160 Å². The third-order valence-corrected chi connectivity index (χ3v) is 5.06. The minimum atomic E-state index is -1.65. The van der Waals surface area contributed by atoms with E-state index in [1.54, 1.807) is 0 Å². The standard InChI is InChI=1S/C23H16F2O3/c24-18-10-6-16(7-11-18)22(27)23(17-8-12-19(25)13-9-17)20(14-21(26)28-23)15-4-2-1-3-5-15/h1-13,20H,14H2/t20-,23+/m1/s1. The maximum atomic E-state index is 13.6. The summed E-state index contributed by atoms with van der Waals surface area (Å²) < 4.78 is 32.6. The van der Waals surface area contributed by atoms with Gasteiger partial charge in [0.05, 0.1) is 6.42 Å². The van der Waals surface area contributed by atoms with E-state index in [1.165, 1.54) is 48.5 Å². The molecule has 4 rings (SSSR count). The van der Waals surface area contributed by atoms with Gasteiger partial charge in [-0.15, -0.1) is 0 Å². The lowest BCUT2D eigenvalue weighted by Gasteiger charge is -2.33. The van der Waals surface area contributed by atoms with Gasteiger partial charge in [-0.2, -0.15) is 0 Å². The Bertz CT molecular complexity index is 1010. The van der Waals surface area contributed by atoms with Gasteiger partial charge in [0.1, 0.15) is 11.6 Å². The van der Waals surface area contributed by atoms with E-state index >= 15 is 0 Å². The molecule has 1 heterocycles. The largest absolute Gasteiger partial charge is 0.445 e. The predicted octanol–water partition coefficient (Wildman–Crippen LogP) is 4.77. The number of carbonyl (C=O) groups excluding carboxylic acids is 2. The fourth-order valence-corrected chi connectivity index (χ4v) is 3.75. The molecule has 0 radical (unpaired) electrons. The number of esters is 1. The number of halogens is 2. The van der Waals surface area contributed by atoms with E-state index in [9.17, 15) is 18.4 Å². The van der Waals surface area contributed by atoms with Gasteiger partial charge in [-0.25, -0.2) is 8.78 Å². The van der Waals surface area contributed by atoms with Crippen molar-refractivity contribution in [3.63, 3.8) is 0 Å². The van der Waals surface area contributed by atoms with Gasteiger partial charge in [-0.1, -0.05) is 42.5 Å². The van der Waals surface area contributed by atoms with Crippen LogP contribution < -0.4 is 0 Å². The summed E-state index contributed by atoms with van der Waals surface area (Å²) in [5, 5.41) is 0. The second-order valence-electron chi connectivity index (χ2n) is 6.72. The summed E-state index contributed by atoms with van der Waals surface area (Å²) in [4.78, 5) is 26.0. The summed E-state index contributed by atoms with van der Waals surface area (Å²) in [5.74, 6) is -2.53. The van der Waals surface area contributed by atoms with Crippen LogP contribution in [0, 0.1) is 11.6 Å².